The minimum absolute atomic E-state index is 0.278. The monoisotopic (exact) mass is 280 g/mol. The number of hydrogen-bond acceptors (Lipinski definition) is 3. The fourth-order valence-corrected chi connectivity index (χ4v) is 4.50. The molecular weight excluding hydrogens is 248 g/mol. The van der Waals surface area contributed by atoms with Crippen molar-refractivity contribution < 1.29 is 4.74 Å². The Bertz CT molecular complexity index is 293. The third-order valence-corrected chi connectivity index (χ3v) is 5.71. The zero-order valence-electron chi connectivity index (χ0n) is 13.2. The Morgan fingerprint density at radius 1 is 1.15 bits per heavy atom. The molecule has 0 bridgehead atoms. The highest BCUT2D eigenvalue weighted by Crippen LogP contribution is 2.41. The van der Waals surface area contributed by atoms with E-state index in [1.54, 1.807) is 0 Å². The average Bonchev–Trinajstić information content (AvgIpc) is 2.93. The molecule has 0 amide bonds. The van der Waals surface area contributed by atoms with E-state index in [2.05, 4.69) is 17.1 Å². The van der Waals surface area contributed by atoms with E-state index in [1.165, 1.54) is 77.4 Å². The normalized spacial score (nSPS) is 31.9. The van der Waals surface area contributed by atoms with Gasteiger partial charge in [0.15, 0.2) is 0 Å². The maximum Gasteiger partial charge on any atom is 0.0697 e. The predicted octanol–water partition coefficient (Wildman–Crippen LogP) is 2.94. The van der Waals surface area contributed by atoms with Crippen LogP contribution in [-0.2, 0) is 4.74 Å². The lowest BCUT2D eigenvalue weighted by Gasteiger charge is -2.45. The van der Waals surface area contributed by atoms with Crippen LogP contribution in [0.15, 0.2) is 0 Å². The first kappa shape index (κ1) is 14.8. The largest absolute Gasteiger partial charge is 0.375 e. The van der Waals surface area contributed by atoms with Crippen LogP contribution < -0.4 is 5.32 Å². The van der Waals surface area contributed by atoms with E-state index in [0.29, 0.717) is 0 Å². The van der Waals surface area contributed by atoms with Crippen molar-refractivity contribution in [2.24, 2.45) is 0 Å². The van der Waals surface area contributed by atoms with Crippen molar-refractivity contribution in [1.82, 2.24) is 10.2 Å². The summed E-state index contributed by atoms with van der Waals surface area (Å²) in [6.45, 7) is 7.03. The number of hydrogen-bond donors (Lipinski definition) is 1. The molecular formula is C17H32N2O. The summed E-state index contributed by atoms with van der Waals surface area (Å²) in [5.74, 6) is 0. The molecule has 3 rings (SSSR count). The molecule has 1 spiro atoms. The second kappa shape index (κ2) is 6.76. The first-order chi connectivity index (χ1) is 9.81. The smallest absolute Gasteiger partial charge is 0.0697 e. The summed E-state index contributed by atoms with van der Waals surface area (Å²) in [4.78, 5) is 2.77. The lowest BCUT2D eigenvalue weighted by molar-refractivity contribution is -0.104. The third kappa shape index (κ3) is 3.37. The molecule has 2 heterocycles. The van der Waals surface area contributed by atoms with Crippen molar-refractivity contribution in [1.29, 1.82) is 0 Å². The van der Waals surface area contributed by atoms with Crippen LogP contribution in [0, 0.1) is 0 Å². The maximum atomic E-state index is 6.18. The van der Waals surface area contributed by atoms with E-state index in [1.807, 2.05) is 0 Å². The number of nitrogens with zero attached hydrogens (tertiary/aromatic N) is 1. The van der Waals surface area contributed by atoms with Crippen molar-refractivity contribution in [2.45, 2.75) is 82.4 Å². The first-order valence-corrected chi connectivity index (χ1v) is 8.93. The summed E-state index contributed by atoms with van der Waals surface area (Å²) < 4.78 is 6.18. The number of likely N-dealkylation sites (tertiary alicyclic amines) is 1. The van der Waals surface area contributed by atoms with E-state index < -0.39 is 0 Å². The molecule has 1 saturated carbocycles. The van der Waals surface area contributed by atoms with E-state index >= 15 is 0 Å². The lowest BCUT2D eigenvalue weighted by Crippen LogP contribution is -2.52. The fourth-order valence-electron chi connectivity index (χ4n) is 4.50. The van der Waals surface area contributed by atoms with Gasteiger partial charge in [0.2, 0.25) is 0 Å². The molecule has 0 aromatic carbocycles. The lowest BCUT2D eigenvalue weighted by atomic mass is 9.87. The van der Waals surface area contributed by atoms with Crippen LogP contribution in [-0.4, -0.2) is 48.8 Å². The molecule has 1 unspecified atom stereocenters. The molecule has 116 valence electrons. The Balaban J connectivity index is 1.48. The molecule has 1 N–H and O–H groups in total. The highest BCUT2D eigenvalue weighted by Gasteiger charge is 2.41. The zero-order valence-corrected chi connectivity index (χ0v) is 13.2. The van der Waals surface area contributed by atoms with Crippen molar-refractivity contribution in [3.05, 3.63) is 0 Å². The Kier molecular flexibility index (Phi) is 5.00. The fraction of sp³-hybridized carbons (Fsp3) is 1.00. The molecule has 1 aliphatic carbocycles. The number of ether oxygens (including phenoxy) is 1. The highest BCUT2D eigenvalue weighted by molar-refractivity contribution is 4.95. The summed E-state index contributed by atoms with van der Waals surface area (Å²) in [6.07, 6.45) is 11.9. The zero-order chi connectivity index (χ0) is 13.8. The van der Waals surface area contributed by atoms with E-state index in [4.69, 9.17) is 4.74 Å². The number of nitrogens with one attached hydrogen (secondary N) is 1. The van der Waals surface area contributed by atoms with Crippen LogP contribution in [0.25, 0.3) is 0 Å². The number of rotatable bonds is 4. The minimum atomic E-state index is 0.278. The van der Waals surface area contributed by atoms with Gasteiger partial charge in [0.1, 0.15) is 0 Å². The van der Waals surface area contributed by atoms with Gasteiger partial charge in [-0.1, -0.05) is 19.8 Å². The van der Waals surface area contributed by atoms with Gasteiger partial charge in [-0.15, -0.1) is 0 Å². The van der Waals surface area contributed by atoms with Gasteiger partial charge in [-0.2, -0.15) is 0 Å². The van der Waals surface area contributed by atoms with Crippen LogP contribution in [0.2, 0.25) is 0 Å². The van der Waals surface area contributed by atoms with Gasteiger partial charge in [-0.05, 0) is 64.6 Å². The molecule has 0 aromatic heterocycles. The van der Waals surface area contributed by atoms with Crippen LogP contribution in [0.5, 0.6) is 0 Å². The van der Waals surface area contributed by atoms with Gasteiger partial charge < -0.3 is 15.0 Å². The molecule has 3 fully saturated rings. The minimum Gasteiger partial charge on any atom is -0.375 e. The van der Waals surface area contributed by atoms with Gasteiger partial charge in [0.05, 0.1) is 5.60 Å². The molecule has 0 aromatic rings. The Labute approximate surface area is 124 Å². The third-order valence-electron chi connectivity index (χ3n) is 5.71. The summed E-state index contributed by atoms with van der Waals surface area (Å²) in [5.41, 5.74) is 0.278. The molecule has 3 aliphatic rings. The second-order valence-corrected chi connectivity index (χ2v) is 7.15. The average molecular weight is 280 g/mol. The molecule has 1 atom stereocenters. The quantitative estimate of drug-likeness (QED) is 0.857. The Morgan fingerprint density at radius 3 is 2.60 bits per heavy atom. The Hall–Kier alpha value is -0.120. The van der Waals surface area contributed by atoms with Crippen molar-refractivity contribution in [3.63, 3.8) is 0 Å². The second-order valence-electron chi connectivity index (χ2n) is 7.15. The standard InChI is InChI=1S/C17H32N2O/c1-2-10-18-15-5-11-19(12-6-15)16-7-13-20-17(14-16)8-3-4-9-17/h15-16,18H,2-14H2,1H3. The van der Waals surface area contributed by atoms with E-state index in [-0.39, 0.29) is 5.60 Å². The summed E-state index contributed by atoms with van der Waals surface area (Å²) >= 11 is 0. The van der Waals surface area contributed by atoms with Crippen LogP contribution in [0.3, 0.4) is 0 Å². The van der Waals surface area contributed by atoms with Gasteiger partial charge in [-0.3, -0.25) is 0 Å². The highest BCUT2D eigenvalue weighted by atomic mass is 16.5. The predicted molar refractivity (Wildman–Crippen MR) is 83.1 cm³/mol. The molecule has 3 nitrogen and oxygen atoms in total. The summed E-state index contributed by atoms with van der Waals surface area (Å²) in [5, 5.41) is 3.69. The first-order valence-electron chi connectivity index (χ1n) is 8.93. The maximum absolute atomic E-state index is 6.18. The van der Waals surface area contributed by atoms with Crippen LogP contribution >= 0.6 is 0 Å². The molecule has 20 heavy (non-hydrogen) atoms. The summed E-state index contributed by atoms with van der Waals surface area (Å²) in [6, 6.07) is 1.57. The molecule has 2 saturated heterocycles. The van der Waals surface area contributed by atoms with Gasteiger partial charge >= 0.3 is 0 Å². The van der Waals surface area contributed by atoms with E-state index in [9.17, 15) is 0 Å². The van der Waals surface area contributed by atoms with E-state index in [0.717, 1.165) is 18.7 Å². The van der Waals surface area contributed by atoms with Crippen LogP contribution in [0.1, 0.15) is 64.7 Å². The van der Waals surface area contributed by atoms with Gasteiger partial charge in [0.25, 0.3) is 0 Å². The molecule has 0 radical (unpaired) electrons. The van der Waals surface area contributed by atoms with Gasteiger partial charge in [0, 0.05) is 18.7 Å². The SMILES string of the molecule is CCCNC1CCN(C2CCOC3(CCCC3)C2)CC1. The Morgan fingerprint density at radius 2 is 1.90 bits per heavy atom. The van der Waals surface area contributed by atoms with Crippen molar-refractivity contribution >= 4 is 0 Å². The summed E-state index contributed by atoms with van der Waals surface area (Å²) in [7, 11) is 0. The number of piperidine rings is 1. The molecule has 3 heteroatoms. The van der Waals surface area contributed by atoms with Crippen LogP contribution in [0.4, 0.5) is 0 Å². The topological polar surface area (TPSA) is 24.5 Å². The molecule has 2 aliphatic heterocycles. The van der Waals surface area contributed by atoms with Crippen molar-refractivity contribution in [2.75, 3.05) is 26.2 Å². The van der Waals surface area contributed by atoms with Gasteiger partial charge in [-0.25, -0.2) is 0 Å². The van der Waals surface area contributed by atoms with Crippen molar-refractivity contribution in [3.8, 4) is 0 Å².